The predicted octanol–water partition coefficient (Wildman–Crippen LogP) is 0.688. The third kappa shape index (κ3) is 1.09. The highest BCUT2D eigenvalue weighted by molar-refractivity contribution is 4.97. The van der Waals surface area contributed by atoms with Crippen LogP contribution in [-0.2, 0) is 0 Å². The standard InChI is InChI=1S/C9H18N2/c1-3-8-4-7-5-10-6-9(7)11(8)2/h7-10H,3-6H2,1-2H3/t7-,8+,9+/m1/s1. The lowest BCUT2D eigenvalue weighted by Crippen LogP contribution is -2.35. The minimum Gasteiger partial charge on any atom is -0.315 e. The summed E-state index contributed by atoms with van der Waals surface area (Å²) in [6.07, 6.45) is 2.74. The number of likely N-dealkylation sites (tertiary alicyclic amines) is 1. The predicted molar refractivity (Wildman–Crippen MR) is 46.6 cm³/mol. The fraction of sp³-hybridized carbons (Fsp3) is 1.00. The first-order valence-corrected chi connectivity index (χ1v) is 4.75. The molecule has 1 N–H and O–H groups in total. The van der Waals surface area contributed by atoms with E-state index in [4.69, 9.17) is 0 Å². The van der Waals surface area contributed by atoms with Crippen molar-refractivity contribution in [1.29, 1.82) is 0 Å². The van der Waals surface area contributed by atoms with Gasteiger partial charge in [0.15, 0.2) is 0 Å². The van der Waals surface area contributed by atoms with E-state index in [1.54, 1.807) is 0 Å². The number of nitrogens with one attached hydrogen (secondary N) is 1. The number of fused-ring (bicyclic) bond motifs is 1. The molecule has 0 amide bonds. The maximum Gasteiger partial charge on any atom is 0.0261 e. The van der Waals surface area contributed by atoms with Crippen LogP contribution in [0, 0.1) is 5.92 Å². The molecule has 2 heterocycles. The lowest BCUT2D eigenvalue weighted by molar-refractivity contribution is 0.238. The summed E-state index contributed by atoms with van der Waals surface area (Å²) in [7, 11) is 2.28. The van der Waals surface area contributed by atoms with Gasteiger partial charge in [-0.2, -0.15) is 0 Å². The largest absolute Gasteiger partial charge is 0.315 e. The molecule has 2 saturated heterocycles. The van der Waals surface area contributed by atoms with Crippen LogP contribution in [0.5, 0.6) is 0 Å². The molecule has 0 saturated carbocycles. The summed E-state index contributed by atoms with van der Waals surface area (Å²) < 4.78 is 0. The van der Waals surface area contributed by atoms with Crippen LogP contribution >= 0.6 is 0 Å². The SMILES string of the molecule is CC[C@H]1C[C@@H]2CNC[C@@H]2N1C. The van der Waals surface area contributed by atoms with Crippen LogP contribution in [0.3, 0.4) is 0 Å². The third-order valence-electron chi connectivity index (χ3n) is 3.45. The Morgan fingerprint density at radius 1 is 1.45 bits per heavy atom. The average Bonchev–Trinajstić information content (AvgIpc) is 2.53. The van der Waals surface area contributed by atoms with Crippen LogP contribution in [0.2, 0.25) is 0 Å². The third-order valence-corrected chi connectivity index (χ3v) is 3.45. The zero-order valence-corrected chi connectivity index (χ0v) is 7.51. The molecule has 0 unspecified atom stereocenters. The Labute approximate surface area is 69.0 Å². The molecule has 2 nitrogen and oxygen atoms in total. The molecule has 0 aromatic rings. The summed E-state index contributed by atoms with van der Waals surface area (Å²) >= 11 is 0. The first-order chi connectivity index (χ1) is 5.33. The molecule has 11 heavy (non-hydrogen) atoms. The number of likely N-dealkylation sites (N-methyl/N-ethyl adjacent to an activating group) is 1. The van der Waals surface area contributed by atoms with Gasteiger partial charge in [0.05, 0.1) is 0 Å². The number of rotatable bonds is 1. The van der Waals surface area contributed by atoms with Gasteiger partial charge in [-0.15, -0.1) is 0 Å². The van der Waals surface area contributed by atoms with Gasteiger partial charge in [0.1, 0.15) is 0 Å². The fourth-order valence-electron chi connectivity index (χ4n) is 2.68. The van der Waals surface area contributed by atoms with Crippen LogP contribution in [-0.4, -0.2) is 37.1 Å². The van der Waals surface area contributed by atoms with Crippen molar-refractivity contribution in [3.63, 3.8) is 0 Å². The Morgan fingerprint density at radius 3 is 2.91 bits per heavy atom. The van der Waals surface area contributed by atoms with E-state index in [1.807, 2.05) is 0 Å². The van der Waals surface area contributed by atoms with Crippen LogP contribution < -0.4 is 5.32 Å². The molecule has 0 radical (unpaired) electrons. The molecule has 0 aliphatic carbocycles. The van der Waals surface area contributed by atoms with Crippen molar-refractivity contribution in [2.24, 2.45) is 5.92 Å². The van der Waals surface area contributed by atoms with Crippen molar-refractivity contribution in [3.05, 3.63) is 0 Å². The zero-order chi connectivity index (χ0) is 7.84. The van der Waals surface area contributed by atoms with Crippen molar-refractivity contribution in [2.45, 2.75) is 31.8 Å². The van der Waals surface area contributed by atoms with Gasteiger partial charge in [-0.25, -0.2) is 0 Å². The van der Waals surface area contributed by atoms with Gasteiger partial charge in [-0.3, -0.25) is 4.90 Å². The van der Waals surface area contributed by atoms with E-state index < -0.39 is 0 Å². The Balaban J connectivity index is 2.04. The van der Waals surface area contributed by atoms with Crippen LogP contribution in [0.15, 0.2) is 0 Å². The summed E-state index contributed by atoms with van der Waals surface area (Å²) in [5.41, 5.74) is 0. The quantitative estimate of drug-likeness (QED) is 0.598. The second kappa shape index (κ2) is 2.76. The number of nitrogens with zero attached hydrogens (tertiary/aromatic N) is 1. The van der Waals surface area contributed by atoms with Gasteiger partial charge in [0.25, 0.3) is 0 Å². The normalized spacial score (nSPS) is 44.7. The van der Waals surface area contributed by atoms with E-state index in [2.05, 4.69) is 24.2 Å². The van der Waals surface area contributed by atoms with Crippen molar-refractivity contribution in [1.82, 2.24) is 10.2 Å². The first kappa shape index (κ1) is 7.56. The molecule has 2 heteroatoms. The van der Waals surface area contributed by atoms with Gasteiger partial charge in [-0.05, 0) is 32.4 Å². The molecule has 2 fully saturated rings. The molecule has 0 aromatic heterocycles. The molecule has 0 bridgehead atoms. The molecule has 0 aromatic carbocycles. The highest BCUT2D eigenvalue weighted by atomic mass is 15.2. The van der Waals surface area contributed by atoms with Crippen LogP contribution in [0.1, 0.15) is 19.8 Å². The Kier molecular flexibility index (Phi) is 1.90. The summed E-state index contributed by atoms with van der Waals surface area (Å²) in [6.45, 7) is 4.78. The highest BCUT2D eigenvalue weighted by Crippen LogP contribution is 2.31. The summed E-state index contributed by atoms with van der Waals surface area (Å²) in [5.74, 6) is 0.949. The maximum absolute atomic E-state index is 3.46. The zero-order valence-electron chi connectivity index (χ0n) is 7.51. The van der Waals surface area contributed by atoms with E-state index in [1.165, 1.54) is 25.9 Å². The summed E-state index contributed by atoms with van der Waals surface area (Å²) in [5, 5.41) is 3.46. The first-order valence-electron chi connectivity index (χ1n) is 4.75. The van der Waals surface area contributed by atoms with Gasteiger partial charge in [-0.1, -0.05) is 6.92 Å². The lowest BCUT2D eigenvalue weighted by Gasteiger charge is -2.23. The van der Waals surface area contributed by atoms with E-state index in [0.29, 0.717) is 0 Å². The highest BCUT2D eigenvalue weighted by Gasteiger charge is 2.40. The van der Waals surface area contributed by atoms with Crippen LogP contribution in [0.4, 0.5) is 0 Å². The molecule has 3 atom stereocenters. The Bertz CT molecular complexity index is 146. The summed E-state index contributed by atoms with van der Waals surface area (Å²) in [6, 6.07) is 1.71. The Morgan fingerprint density at radius 2 is 2.27 bits per heavy atom. The molecule has 2 aliphatic rings. The second-order valence-electron chi connectivity index (χ2n) is 3.95. The maximum atomic E-state index is 3.46. The molecular formula is C9H18N2. The van der Waals surface area contributed by atoms with Crippen molar-refractivity contribution < 1.29 is 0 Å². The van der Waals surface area contributed by atoms with Crippen molar-refractivity contribution >= 4 is 0 Å². The number of hydrogen-bond acceptors (Lipinski definition) is 2. The molecule has 2 rings (SSSR count). The second-order valence-corrected chi connectivity index (χ2v) is 3.95. The monoisotopic (exact) mass is 154 g/mol. The lowest BCUT2D eigenvalue weighted by atomic mass is 10.0. The van der Waals surface area contributed by atoms with E-state index in [0.717, 1.165) is 18.0 Å². The number of hydrogen-bond donors (Lipinski definition) is 1. The van der Waals surface area contributed by atoms with E-state index in [9.17, 15) is 0 Å². The Hall–Kier alpha value is -0.0800. The molecule has 64 valence electrons. The van der Waals surface area contributed by atoms with Gasteiger partial charge < -0.3 is 5.32 Å². The minimum atomic E-state index is 0.847. The van der Waals surface area contributed by atoms with Gasteiger partial charge >= 0.3 is 0 Å². The molecule has 2 aliphatic heterocycles. The molecule has 0 spiro atoms. The topological polar surface area (TPSA) is 15.3 Å². The minimum absolute atomic E-state index is 0.847. The van der Waals surface area contributed by atoms with E-state index >= 15 is 0 Å². The van der Waals surface area contributed by atoms with E-state index in [-0.39, 0.29) is 0 Å². The van der Waals surface area contributed by atoms with Crippen molar-refractivity contribution in [3.8, 4) is 0 Å². The summed E-state index contributed by atoms with van der Waals surface area (Å²) in [4.78, 5) is 2.57. The van der Waals surface area contributed by atoms with Crippen LogP contribution in [0.25, 0.3) is 0 Å². The smallest absolute Gasteiger partial charge is 0.0261 e. The van der Waals surface area contributed by atoms with Crippen molar-refractivity contribution in [2.75, 3.05) is 20.1 Å². The van der Waals surface area contributed by atoms with Gasteiger partial charge in [0, 0.05) is 18.6 Å². The average molecular weight is 154 g/mol. The van der Waals surface area contributed by atoms with Gasteiger partial charge in [0.2, 0.25) is 0 Å². The molecular weight excluding hydrogens is 136 g/mol. The fourth-order valence-corrected chi connectivity index (χ4v) is 2.68.